The van der Waals surface area contributed by atoms with Crippen molar-refractivity contribution in [2.24, 2.45) is 0 Å². The Hall–Kier alpha value is -0.840. The number of anilines is 1. The maximum absolute atomic E-state index is 5.85. The van der Waals surface area contributed by atoms with Crippen molar-refractivity contribution in [3.8, 4) is 0 Å². The third kappa shape index (κ3) is 2.60. The number of hydrogen-bond acceptors (Lipinski definition) is 3. The molecule has 0 amide bonds. The molecule has 3 rings (SSSR count). The molecule has 4 heteroatoms. The second-order valence-electron chi connectivity index (χ2n) is 4.22. The molecule has 1 fully saturated rings. The van der Waals surface area contributed by atoms with Crippen LogP contribution in [0.25, 0.3) is 0 Å². The third-order valence-corrected chi connectivity index (χ3v) is 4.46. The summed E-state index contributed by atoms with van der Waals surface area (Å²) >= 11 is 5.23. The van der Waals surface area contributed by atoms with E-state index < -0.39 is 0 Å². The van der Waals surface area contributed by atoms with Crippen LogP contribution in [0.15, 0.2) is 40.2 Å². The molecule has 1 radical (unpaired) electrons. The van der Waals surface area contributed by atoms with Gasteiger partial charge in [0.05, 0.1) is 6.61 Å². The molecule has 0 N–H and O–H groups in total. The molecule has 0 aliphatic carbocycles. The van der Waals surface area contributed by atoms with Crippen molar-refractivity contribution in [3.63, 3.8) is 0 Å². The summed E-state index contributed by atoms with van der Waals surface area (Å²) in [5.41, 5.74) is 1.23. The maximum atomic E-state index is 5.85. The highest BCUT2D eigenvalue weighted by molar-refractivity contribution is 9.10. The lowest BCUT2D eigenvalue weighted by Gasteiger charge is -2.34. The van der Waals surface area contributed by atoms with Crippen molar-refractivity contribution in [2.45, 2.75) is 6.10 Å². The molecule has 1 aliphatic rings. The van der Waals surface area contributed by atoms with Gasteiger partial charge in [-0.1, -0.05) is 28.1 Å². The Morgan fingerprint density at radius 2 is 2.39 bits per heavy atom. The van der Waals surface area contributed by atoms with Gasteiger partial charge >= 0.3 is 0 Å². The largest absolute Gasteiger partial charge is 0.369 e. The number of thiophene rings is 1. The summed E-state index contributed by atoms with van der Waals surface area (Å²) in [6.07, 6.45) is 0.196. The number of morpholine rings is 1. The number of rotatable bonds is 2. The summed E-state index contributed by atoms with van der Waals surface area (Å²) in [5, 5.41) is 2.10. The van der Waals surface area contributed by atoms with Crippen molar-refractivity contribution in [3.05, 3.63) is 51.1 Å². The predicted octanol–water partition coefficient (Wildman–Crippen LogP) is 3.89. The minimum absolute atomic E-state index is 0.196. The monoisotopic (exact) mass is 322 g/mol. The van der Waals surface area contributed by atoms with Gasteiger partial charge in [-0.05, 0) is 29.6 Å². The lowest BCUT2D eigenvalue weighted by atomic mass is 10.2. The highest BCUT2D eigenvalue weighted by Crippen LogP contribution is 2.29. The molecule has 0 spiro atoms. The quantitative estimate of drug-likeness (QED) is 0.831. The lowest BCUT2D eigenvalue weighted by Crippen LogP contribution is -2.38. The van der Waals surface area contributed by atoms with E-state index in [0.29, 0.717) is 0 Å². The lowest BCUT2D eigenvalue weighted by molar-refractivity contribution is 0.0421. The normalized spacial score (nSPS) is 20.1. The Morgan fingerprint density at radius 1 is 1.44 bits per heavy atom. The van der Waals surface area contributed by atoms with Crippen LogP contribution in [-0.4, -0.2) is 19.7 Å². The topological polar surface area (TPSA) is 12.5 Å². The van der Waals surface area contributed by atoms with Crippen molar-refractivity contribution in [2.75, 3.05) is 24.6 Å². The van der Waals surface area contributed by atoms with Gasteiger partial charge in [0.2, 0.25) is 0 Å². The average Bonchev–Trinajstić information content (AvgIpc) is 2.93. The van der Waals surface area contributed by atoms with E-state index in [2.05, 4.69) is 56.5 Å². The molecule has 1 aliphatic heterocycles. The molecule has 93 valence electrons. The van der Waals surface area contributed by atoms with Crippen LogP contribution in [0.3, 0.4) is 0 Å². The first kappa shape index (κ1) is 12.2. The number of halogens is 1. The SMILES string of the molecule is Brc1[c]ccc(N2CCOC(c3cccs3)C2)c1. The van der Waals surface area contributed by atoms with Crippen LogP contribution >= 0.6 is 27.3 Å². The van der Waals surface area contributed by atoms with Crippen molar-refractivity contribution in [1.82, 2.24) is 0 Å². The van der Waals surface area contributed by atoms with Crippen LogP contribution < -0.4 is 4.90 Å². The summed E-state index contributed by atoms with van der Waals surface area (Å²) in [5.74, 6) is 0. The van der Waals surface area contributed by atoms with Crippen LogP contribution in [0.5, 0.6) is 0 Å². The van der Waals surface area contributed by atoms with Gasteiger partial charge in [0, 0.05) is 28.1 Å². The fourth-order valence-electron chi connectivity index (χ4n) is 2.15. The Morgan fingerprint density at radius 3 is 3.17 bits per heavy atom. The third-order valence-electron chi connectivity index (χ3n) is 3.04. The predicted molar refractivity (Wildman–Crippen MR) is 78.2 cm³/mol. The smallest absolute Gasteiger partial charge is 0.109 e. The molecule has 1 atom stereocenters. The van der Waals surface area contributed by atoms with Crippen molar-refractivity contribution in [1.29, 1.82) is 0 Å². The van der Waals surface area contributed by atoms with Crippen molar-refractivity contribution < 1.29 is 4.74 Å². The number of benzene rings is 1. The summed E-state index contributed by atoms with van der Waals surface area (Å²) in [6, 6.07) is 13.5. The van der Waals surface area contributed by atoms with Crippen LogP contribution in [0.2, 0.25) is 0 Å². The molecular formula is C14H13BrNOS. The maximum Gasteiger partial charge on any atom is 0.109 e. The highest BCUT2D eigenvalue weighted by Gasteiger charge is 2.22. The first-order valence-electron chi connectivity index (χ1n) is 5.90. The Labute approximate surface area is 119 Å². The van der Waals surface area contributed by atoms with Gasteiger partial charge in [-0.15, -0.1) is 11.3 Å². The molecule has 1 aromatic heterocycles. The van der Waals surface area contributed by atoms with E-state index in [1.807, 2.05) is 6.07 Å². The van der Waals surface area contributed by atoms with Gasteiger partial charge in [0.25, 0.3) is 0 Å². The van der Waals surface area contributed by atoms with Crippen LogP contribution in [0.4, 0.5) is 5.69 Å². The zero-order valence-corrected chi connectivity index (χ0v) is 12.2. The van der Waals surface area contributed by atoms with Gasteiger partial charge < -0.3 is 9.64 Å². The minimum Gasteiger partial charge on any atom is -0.369 e. The fourth-order valence-corrected chi connectivity index (χ4v) is 3.29. The van der Waals surface area contributed by atoms with E-state index in [4.69, 9.17) is 4.74 Å². The molecule has 1 unspecified atom stereocenters. The molecule has 0 bridgehead atoms. The second kappa shape index (κ2) is 5.43. The number of ether oxygens (including phenoxy) is 1. The van der Waals surface area contributed by atoms with Gasteiger partial charge in [0.1, 0.15) is 6.10 Å². The molecule has 2 heterocycles. The van der Waals surface area contributed by atoms with E-state index in [1.165, 1.54) is 10.6 Å². The van der Waals surface area contributed by atoms with E-state index >= 15 is 0 Å². The van der Waals surface area contributed by atoms with Gasteiger partial charge in [-0.25, -0.2) is 0 Å². The summed E-state index contributed by atoms with van der Waals surface area (Å²) in [7, 11) is 0. The first-order chi connectivity index (χ1) is 8.83. The summed E-state index contributed by atoms with van der Waals surface area (Å²) in [4.78, 5) is 3.67. The van der Waals surface area contributed by atoms with Crippen LogP contribution in [0, 0.1) is 6.07 Å². The second-order valence-corrected chi connectivity index (χ2v) is 6.05. The number of hydrogen-bond donors (Lipinski definition) is 0. The number of nitrogens with zero attached hydrogens (tertiary/aromatic N) is 1. The Kier molecular flexibility index (Phi) is 3.68. The molecule has 1 saturated heterocycles. The molecule has 18 heavy (non-hydrogen) atoms. The zero-order valence-electron chi connectivity index (χ0n) is 9.80. The molecule has 2 nitrogen and oxygen atoms in total. The summed E-state index contributed by atoms with van der Waals surface area (Å²) in [6.45, 7) is 2.63. The van der Waals surface area contributed by atoms with E-state index in [9.17, 15) is 0 Å². The fraction of sp³-hybridized carbons (Fsp3) is 0.286. The average molecular weight is 323 g/mol. The van der Waals surface area contributed by atoms with Gasteiger partial charge in [0.15, 0.2) is 0 Å². The van der Waals surface area contributed by atoms with Gasteiger partial charge in [-0.3, -0.25) is 0 Å². The first-order valence-corrected chi connectivity index (χ1v) is 7.57. The van der Waals surface area contributed by atoms with E-state index in [0.717, 1.165) is 24.2 Å². The minimum atomic E-state index is 0.196. The molecule has 2 aromatic rings. The van der Waals surface area contributed by atoms with Crippen LogP contribution in [-0.2, 0) is 4.74 Å². The summed E-state index contributed by atoms with van der Waals surface area (Å²) < 4.78 is 6.85. The molecular weight excluding hydrogens is 310 g/mol. The Bertz CT molecular complexity index is 514. The Balaban J connectivity index is 1.78. The standard InChI is InChI=1S/C14H13BrNOS/c15-11-3-1-4-12(9-11)16-6-7-17-13(10-16)14-5-2-8-18-14/h1-2,4-5,8-9,13H,6-7,10H2. The van der Waals surface area contributed by atoms with E-state index in [-0.39, 0.29) is 6.10 Å². The highest BCUT2D eigenvalue weighted by atomic mass is 79.9. The zero-order chi connectivity index (χ0) is 12.4. The van der Waals surface area contributed by atoms with Crippen molar-refractivity contribution >= 4 is 33.0 Å². The van der Waals surface area contributed by atoms with E-state index in [1.54, 1.807) is 11.3 Å². The molecule has 1 aromatic carbocycles. The van der Waals surface area contributed by atoms with Gasteiger partial charge in [-0.2, -0.15) is 0 Å². The molecule has 0 saturated carbocycles. The van der Waals surface area contributed by atoms with Crippen LogP contribution in [0.1, 0.15) is 11.0 Å².